The number of amidine groups is 1. The lowest BCUT2D eigenvalue weighted by Gasteiger charge is -2.23. The molecule has 26 heavy (non-hydrogen) atoms. The number of carbonyl (C=O) groups excluding carboxylic acids is 1. The molecule has 3 rings (SSSR count). The molecular weight excluding hydrogens is 372 g/mol. The van der Waals surface area contributed by atoms with Crippen LogP contribution in [0.15, 0.2) is 17.1 Å². The molecule has 0 bridgehead atoms. The van der Waals surface area contributed by atoms with Crippen LogP contribution in [0.4, 0.5) is 5.69 Å². The molecule has 1 saturated heterocycles. The van der Waals surface area contributed by atoms with Gasteiger partial charge in [0, 0.05) is 24.4 Å². The van der Waals surface area contributed by atoms with Crippen molar-refractivity contribution in [2.24, 2.45) is 4.99 Å². The summed E-state index contributed by atoms with van der Waals surface area (Å²) in [6.45, 7) is 5.72. The van der Waals surface area contributed by atoms with Crippen LogP contribution in [-0.2, 0) is 0 Å². The highest BCUT2D eigenvalue weighted by Crippen LogP contribution is 2.32. The summed E-state index contributed by atoms with van der Waals surface area (Å²) in [7, 11) is 1.56. The van der Waals surface area contributed by atoms with Crippen molar-refractivity contribution in [3.63, 3.8) is 0 Å². The molecule has 1 aromatic carbocycles. The number of halogens is 1. The first kappa shape index (κ1) is 19.3. The van der Waals surface area contributed by atoms with Crippen molar-refractivity contribution in [2.45, 2.75) is 25.8 Å². The van der Waals surface area contributed by atoms with Crippen molar-refractivity contribution in [2.75, 3.05) is 44.4 Å². The summed E-state index contributed by atoms with van der Waals surface area (Å²) in [6.07, 6.45) is 2.31. The molecule has 6 nitrogen and oxygen atoms in total. The Labute approximate surface area is 163 Å². The Hall–Kier alpha value is -1.44. The van der Waals surface area contributed by atoms with Crippen LogP contribution in [0.25, 0.3) is 0 Å². The number of anilines is 1. The highest BCUT2D eigenvalue weighted by atomic mass is 35.5. The van der Waals surface area contributed by atoms with Gasteiger partial charge >= 0.3 is 0 Å². The third-order valence-electron chi connectivity index (χ3n) is 4.76. The summed E-state index contributed by atoms with van der Waals surface area (Å²) in [4.78, 5) is 19.4. The van der Waals surface area contributed by atoms with E-state index in [0.717, 1.165) is 37.0 Å². The van der Waals surface area contributed by atoms with E-state index in [2.05, 4.69) is 27.4 Å². The smallest absolute Gasteiger partial charge is 0.255 e. The van der Waals surface area contributed by atoms with Gasteiger partial charge in [-0.2, -0.15) is 0 Å². The zero-order valence-electron chi connectivity index (χ0n) is 15.2. The van der Waals surface area contributed by atoms with Gasteiger partial charge in [0.1, 0.15) is 5.75 Å². The van der Waals surface area contributed by atoms with Crippen LogP contribution in [0.1, 0.15) is 30.1 Å². The molecule has 2 N–H and O–H groups in total. The number of nitrogens with one attached hydrogen (secondary N) is 2. The number of nitrogens with zero attached hydrogens (tertiary/aromatic N) is 2. The Balaban J connectivity index is 1.69. The number of ether oxygens (including phenoxy) is 1. The maximum absolute atomic E-state index is 12.7. The molecule has 0 aromatic heterocycles. The molecule has 8 heteroatoms. The summed E-state index contributed by atoms with van der Waals surface area (Å²) in [5, 5.41) is 7.55. The van der Waals surface area contributed by atoms with Gasteiger partial charge in [-0.25, -0.2) is 0 Å². The average Bonchev–Trinajstić information content (AvgIpc) is 3.32. The summed E-state index contributed by atoms with van der Waals surface area (Å²) in [5.41, 5.74) is 1.14. The van der Waals surface area contributed by atoms with Crippen molar-refractivity contribution in [1.82, 2.24) is 10.2 Å². The predicted molar refractivity (Wildman–Crippen MR) is 109 cm³/mol. The molecule has 1 amide bonds. The summed E-state index contributed by atoms with van der Waals surface area (Å²) in [5.74, 6) is 1.30. The summed E-state index contributed by atoms with van der Waals surface area (Å²) in [6, 6.07) is 3.82. The molecule has 1 atom stereocenters. The largest absolute Gasteiger partial charge is 0.496 e. The van der Waals surface area contributed by atoms with Gasteiger partial charge < -0.3 is 15.4 Å². The lowest BCUT2D eigenvalue weighted by atomic mass is 10.1. The first-order chi connectivity index (χ1) is 12.6. The van der Waals surface area contributed by atoms with Gasteiger partial charge in [0.15, 0.2) is 5.17 Å². The second-order valence-corrected chi connectivity index (χ2v) is 7.82. The lowest BCUT2D eigenvalue weighted by Crippen LogP contribution is -2.40. The maximum Gasteiger partial charge on any atom is 0.255 e. The van der Waals surface area contributed by atoms with E-state index in [1.807, 2.05) is 0 Å². The number of thioether (sulfide) groups is 1. The number of aliphatic imine (C=N–C) groups is 1. The quantitative estimate of drug-likeness (QED) is 0.773. The Morgan fingerprint density at radius 2 is 2.35 bits per heavy atom. The van der Waals surface area contributed by atoms with Crippen LogP contribution in [-0.4, -0.2) is 61.1 Å². The number of rotatable bonds is 6. The van der Waals surface area contributed by atoms with Gasteiger partial charge in [-0.1, -0.05) is 30.3 Å². The number of benzene rings is 1. The minimum absolute atomic E-state index is 0.161. The van der Waals surface area contributed by atoms with E-state index in [9.17, 15) is 4.79 Å². The highest BCUT2D eigenvalue weighted by molar-refractivity contribution is 8.14. The van der Waals surface area contributed by atoms with Crippen molar-refractivity contribution in [1.29, 1.82) is 0 Å². The Morgan fingerprint density at radius 1 is 1.50 bits per heavy atom. The number of hydrogen-bond acceptors (Lipinski definition) is 6. The number of likely N-dealkylation sites (N-methyl/N-ethyl adjacent to an activating group) is 1. The monoisotopic (exact) mass is 396 g/mol. The molecule has 2 aliphatic heterocycles. The number of likely N-dealkylation sites (tertiary alicyclic amines) is 1. The predicted octanol–water partition coefficient (Wildman–Crippen LogP) is 3.08. The maximum atomic E-state index is 12.7. The topological polar surface area (TPSA) is 66.0 Å². The fourth-order valence-electron chi connectivity index (χ4n) is 3.37. The third-order valence-corrected chi connectivity index (χ3v) is 5.97. The molecule has 2 heterocycles. The Kier molecular flexibility index (Phi) is 6.67. The van der Waals surface area contributed by atoms with E-state index >= 15 is 0 Å². The zero-order valence-corrected chi connectivity index (χ0v) is 16.8. The highest BCUT2D eigenvalue weighted by Gasteiger charge is 2.24. The molecular formula is C18H25ClN4O2S. The van der Waals surface area contributed by atoms with E-state index in [0.29, 0.717) is 34.6 Å². The molecule has 0 radical (unpaired) electrons. The Bertz CT molecular complexity index is 698. The number of amides is 1. The first-order valence-corrected chi connectivity index (χ1v) is 10.3. The Morgan fingerprint density at radius 3 is 3.04 bits per heavy atom. The van der Waals surface area contributed by atoms with Gasteiger partial charge in [0.05, 0.1) is 29.9 Å². The van der Waals surface area contributed by atoms with Gasteiger partial charge in [-0.15, -0.1) is 0 Å². The second kappa shape index (κ2) is 8.97. The zero-order chi connectivity index (χ0) is 18.5. The van der Waals surface area contributed by atoms with Crippen LogP contribution in [0, 0.1) is 0 Å². The average molecular weight is 397 g/mol. The van der Waals surface area contributed by atoms with Crippen LogP contribution >= 0.6 is 23.4 Å². The number of carbonyl (C=O) groups is 1. The van der Waals surface area contributed by atoms with Crippen LogP contribution < -0.4 is 15.4 Å². The van der Waals surface area contributed by atoms with E-state index in [1.54, 1.807) is 31.0 Å². The molecule has 0 spiro atoms. The molecule has 1 fully saturated rings. The molecule has 0 saturated carbocycles. The van der Waals surface area contributed by atoms with Gasteiger partial charge in [-0.3, -0.25) is 14.7 Å². The van der Waals surface area contributed by atoms with E-state index < -0.39 is 0 Å². The van der Waals surface area contributed by atoms with Crippen LogP contribution in [0.5, 0.6) is 5.75 Å². The molecule has 1 aromatic rings. The number of hydrogen-bond donors (Lipinski definition) is 2. The normalized spacial score (nSPS) is 20.1. The van der Waals surface area contributed by atoms with Crippen molar-refractivity contribution >= 4 is 40.1 Å². The van der Waals surface area contributed by atoms with Crippen molar-refractivity contribution in [3.05, 3.63) is 22.7 Å². The van der Waals surface area contributed by atoms with Gasteiger partial charge in [-0.05, 0) is 32.0 Å². The van der Waals surface area contributed by atoms with Crippen molar-refractivity contribution < 1.29 is 9.53 Å². The van der Waals surface area contributed by atoms with Crippen molar-refractivity contribution in [3.8, 4) is 5.75 Å². The number of methoxy groups -OCH3 is 1. The molecule has 1 unspecified atom stereocenters. The summed E-state index contributed by atoms with van der Waals surface area (Å²) >= 11 is 8.03. The lowest BCUT2D eigenvalue weighted by molar-refractivity contribution is 0.0938. The molecule has 142 valence electrons. The van der Waals surface area contributed by atoms with E-state index in [1.165, 1.54) is 6.42 Å². The minimum Gasteiger partial charge on any atom is -0.496 e. The van der Waals surface area contributed by atoms with E-state index in [-0.39, 0.29) is 5.91 Å². The fourth-order valence-corrected chi connectivity index (χ4v) is 4.32. The SMILES string of the molecule is CCN1CCCC1CNC(=O)c1cc(Cl)c(NC2=NCCS2)cc1OC. The standard InChI is InChI=1S/C18H25ClN4O2S/c1-3-23-7-4-5-12(23)11-21-17(24)13-9-14(19)15(10-16(13)25-2)22-18-20-6-8-26-18/h9-10,12H,3-8,11H2,1-2H3,(H,20,22)(H,21,24). The summed E-state index contributed by atoms with van der Waals surface area (Å²) < 4.78 is 5.42. The molecule has 0 aliphatic carbocycles. The van der Waals surface area contributed by atoms with E-state index in [4.69, 9.17) is 16.3 Å². The van der Waals surface area contributed by atoms with Gasteiger partial charge in [0.25, 0.3) is 5.91 Å². The fraction of sp³-hybridized carbons (Fsp3) is 0.556. The minimum atomic E-state index is -0.161. The second-order valence-electron chi connectivity index (χ2n) is 6.33. The van der Waals surface area contributed by atoms with Crippen LogP contribution in [0.2, 0.25) is 5.02 Å². The van der Waals surface area contributed by atoms with Crippen LogP contribution in [0.3, 0.4) is 0 Å². The third kappa shape index (κ3) is 4.45. The molecule has 2 aliphatic rings. The first-order valence-electron chi connectivity index (χ1n) is 8.96. The van der Waals surface area contributed by atoms with Gasteiger partial charge in [0.2, 0.25) is 0 Å².